The van der Waals surface area contributed by atoms with Crippen molar-refractivity contribution in [1.29, 1.82) is 0 Å². The van der Waals surface area contributed by atoms with Crippen LogP contribution in [0.1, 0.15) is 41.0 Å². The van der Waals surface area contributed by atoms with Gasteiger partial charge in [0.25, 0.3) is 0 Å². The smallest absolute Gasteiger partial charge is 0.302 e. The summed E-state index contributed by atoms with van der Waals surface area (Å²) < 4.78 is 30.3. The minimum atomic E-state index is -5.06. The Morgan fingerprint density at radius 3 is 1.71 bits per heavy atom. The molecule has 0 saturated heterocycles. The van der Waals surface area contributed by atoms with Gasteiger partial charge in [-0.1, -0.05) is 20.8 Å². The molecule has 9 heteroatoms. The predicted octanol–water partition coefficient (Wildman–Crippen LogP) is 2.43. The number of hydrogen-bond donors (Lipinski definition) is 3. The molecule has 1 atom stereocenters. The molecule has 0 rings (SSSR count). The van der Waals surface area contributed by atoms with Crippen LogP contribution in [0.5, 0.6) is 0 Å². The van der Waals surface area contributed by atoms with Crippen LogP contribution in [-0.2, 0) is 18.0 Å². The molecule has 0 saturated carbocycles. The molecule has 0 aliphatic rings. The molecule has 0 aliphatic heterocycles. The van der Waals surface area contributed by atoms with Crippen molar-refractivity contribution in [2.45, 2.75) is 46.6 Å². The number of phosphoric ester groups is 1. The minimum absolute atomic E-state index is 0.175. The maximum atomic E-state index is 11.3. The molecule has 7 nitrogen and oxygen atoms in total. The molecule has 0 bridgehead atoms. The third-order valence-corrected chi connectivity index (χ3v) is 3.93. The summed E-state index contributed by atoms with van der Waals surface area (Å²) in [4.78, 5) is 26.1. The summed E-state index contributed by atoms with van der Waals surface area (Å²) >= 11 is 0. The fraction of sp³-hybridized carbons (Fsp3) is 1.00. The van der Waals surface area contributed by atoms with E-state index in [9.17, 15) is 14.0 Å². The van der Waals surface area contributed by atoms with Crippen molar-refractivity contribution in [3.8, 4) is 0 Å². The van der Waals surface area contributed by atoms with E-state index in [1.807, 2.05) is 20.8 Å². The van der Waals surface area contributed by atoms with Crippen molar-refractivity contribution in [2.75, 3.05) is 0 Å². The van der Waals surface area contributed by atoms with Gasteiger partial charge in [0.05, 0.1) is 5.60 Å². The van der Waals surface area contributed by atoms with Crippen molar-refractivity contribution in [2.24, 2.45) is 5.41 Å². The molecule has 0 fully saturated rings. The number of rotatable bonds is 5. The zero-order chi connectivity index (χ0) is 14.1. The largest absolute Gasteiger partial charge is 0.481 e. The topological polar surface area (TPSA) is 113 Å². The molecular weight excluding hydrogens is 270 g/mol. The summed E-state index contributed by atoms with van der Waals surface area (Å²) in [5, 5.41) is 0. The zero-order valence-corrected chi connectivity index (χ0v) is 12.4. The van der Waals surface area contributed by atoms with Crippen molar-refractivity contribution in [3.05, 3.63) is 0 Å². The third-order valence-electron chi connectivity index (χ3n) is 1.53. The van der Waals surface area contributed by atoms with E-state index >= 15 is 0 Å². The summed E-state index contributed by atoms with van der Waals surface area (Å²) in [6, 6.07) is 0. The van der Waals surface area contributed by atoms with Gasteiger partial charge >= 0.3 is 15.6 Å². The number of hydrogen-bond acceptors (Lipinski definition) is 4. The first-order chi connectivity index (χ1) is 7.12. The first kappa shape index (κ1) is 17.3. The summed E-state index contributed by atoms with van der Waals surface area (Å²) in [6.45, 7) is 8.81. The Bertz CT molecular complexity index is 351. The van der Waals surface area contributed by atoms with Crippen LogP contribution in [0, 0.1) is 5.41 Å². The van der Waals surface area contributed by atoms with Crippen molar-refractivity contribution in [3.63, 3.8) is 0 Å². The van der Waals surface area contributed by atoms with Crippen LogP contribution < -0.4 is 0 Å². The first-order valence-corrected chi connectivity index (χ1v) is 7.95. The molecule has 17 heavy (non-hydrogen) atoms. The van der Waals surface area contributed by atoms with E-state index in [1.54, 1.807) is 13.8 Å². The van der Waals surface area contributed by atoms with Gasteiger partial charge in [0.15, 0.2) is 0 Å². The zero-order valence-electron chi connectivity index (χ0n) is 10.6. The predicted molar refractivity (Wildman–Crippen MR) is 62.2 cm³/mol. The van der Waals surface area contributed by atoms with Gasteiger partial charge in [0, 0.05) is 0 Å². The quantitative estimate of drug-likeness (QED) is 0.666. The van der Waals surface area contributed by atoms with Crippen LogP contribution in [-0.4, -0.2) is 20.3 Å². The van der Waals surface area contributed by atoms with Crippen LogP contribution in [0.2, 0.25) is 0 Å². The lowest BCUT2D eigenvalue weighted by Crippen LogP contribution is -2.29. The van der Waals surface area contributed by atoms with Crippen molar-refractivity contribution < 1.29 is 32.6 Å². The molecule has 0 spiro atoms. The van der Waals surface area contributed by atoms with Crippen LogP contribution in [0.4, 0.5) is 0 Å². The van der Waals surface area contributed by atoms with E-state index < -0.39 is 21.2 Å². The number of phosphoric acid groups is 2. The van der Waals surface area contributed by atoms with Gasteiger partial charge in [-0.2, -0.15) is 4.31 Å². The maximum Gasteiger partial charge on any atom is 0.481 e. The highest BCUT2D eigenvalue weighted by Gasteiger charge is 2.39. The average molecular weight is 290 g/mol. The van der Waals surface area contributed by atoms with E-state index in [-0.39, 0.29) is 5.41 Å². The van der Waals surface area contributed by atoms with Crippen LogP contribution in [0.3, 0.4) is 0 Å². The molecule has 0 aliphatic carbocycles. The molecule has 3 N–H and O–H groups in total. The van der Waals surface area contributed by atoms with Crippen molar-refractivity contribution in [1.82, 2.24) is 0 Å². The van der Waals surface area contributed by atoms with Crippen molar-refractivity contribution >= 4 is 15.6 Å². The Morgan fingerprint density at radius 2 is 1.41 bits per heavy atom. The standard InChI is InChI=1S/C8H20O7P2/c1-7(2,3)6-8(4,5)14-17(12,13)15-16(9,10)11/h6H2,1-5H3,(H,12,13)(H2,9,10,11). The van der Waals surface area contributed by atoms with Crippen LogP contribution in [0.25, 0.3) is 0 Å². The van der Waals surface area contributed by atoms with Gasteiger partial charge in [-0.05, 0) is 25.7 Å². The van der Waals surface area contributed by atoms with Crippen LogP contribution in [0.15, 0.2) is 0 Å². The van der Waals surface area contributed by atoms with E-state index in [0.29, 0.717) is 6.42 Å². The summed E-state index contributed by atoms with van der Waals surface area (Å²) in [5.41, 5.74) is -1.22. The lowest BCUT2D eigenvalue weighted by Gasteiger charge is -2.33. The average Bonchev–Trinajstić information content (AvgIpc) is 1.65. The summed E-state index contributed by atoms with van der Waals surface area (Å²) in [7, 11) is -9.85. The third kappa shape index (κ3) is 9.92. The van der Waals surface area contributed by atoms with E-state index in [1.165, 1.54) is 0 Å². The Labute approximate surface area is 101 Å². The molecule has 0 amide bonds. The second kappa shape index (κ2) is 5.10. The van der Waals surface area contributed by atoms with E-state index in [4.69, 9.17) is 14.3 Å². The fourth-order valence-electron chi connectivity index (χ4n) is 1.77. The molecule has 0 aromatic carbocycles. The van der Waals surface area contributed by atoms with E-state index in [2.05, 4.69) is 4.31 Å². The van der Waals surface area contributed by atoms with Gasteiger partial charge in [-0.25, -0.2) is 9.13 Å². The van der Waals surface area contributed by atoms with Gasteiger partial charge in [0.1, 0.15) is 0 Å². The molecular formula is C8H20O7P2. The molecule has 0 heterocycles. The highest BCUT2D eigenvalue weighted by molar-refractivity contribution is 7.60. The second-order valence-corrected chi connectivity index (χ2v) is 8.38. The second-order valence-electron chi connectivity index (χ2n) is 5.63. The first-order valence-electron chi connectivity index (χ1n) is 4.92. The molecule has 104 valence electrons. The molecule has 1 unspecified atom stereocenters. The Morgan fingerprint density at radius 1 is 1.00 bits per heavy atom. The monoisotopic (exact) mass is 290 g/mol. The fourth-order valence-corrected chi connectivity index (χ4v) is 3.67. The van der Waals surface area contributed by atoms with E-state index in [0.717, 1.165) is 0 Å². The SMILES string of the molecule is CC(C)(C)CC(C)(C)OP(=O)(O)OP(=O)(O)O. The summed E-state index contributed by atoms with van der Waals surface area (Å²) in [5.74, 6) is 0. The highest BCUT2D eigenvalue weighted by atomic mass is 31.3. The molecule has 0 radical (unpaired) electrons. The maximum absolute atomic E-state index is 11.3. The van der Waals surface area contributed by atoms with Gasteiger partial charge in [-0.3, -0.25) is 4.52 Å². The Balaban J connectivity index is 4.71. The highest BCUT2D eigenvalue weighted by Crippen LogP contribution is 2.60. The van der Waals surface area contributed by atoms with Crippen LogP contribution >= 0.6 is 15.6 Å². The minimum Gasteiger partial charge on any atom is -0.302 e. The Hall–Kier alpha value is 0.260. The normalized spacial score (nSPS) is 17.9. The van der Waals surface area contributed by atoms with Gasteiger partial charge in [-0.15, -0.1) is 0 Å². The molecule has 0 aromatic rings. The Kier molecular flexibility index (Phi) is 5.17. The van der Waals surface area contributed by atoms with Gasteiger partial charge < -0.3 is 14.7 Å². The lowest BCUT2D eigenvalue weighted by atomic mass is 9.84. The summed E-state index contributed by atoms with van der Waals surface area (Å²) in [6.07, 6.45) is 0.412. The van der Waals surface area contributed by atoms with Gasteiger partial charge in [0.2, 0.25) is 0 Å². The lowest BCUT2D eigenvalue weighted by molar-refractivity contribution is 0.0310. The molecule has 0 aromatic heterocycles.